The van der Waals surface area contributed by atoms with Crippen LogP contribution in [-0.2, 0) is 14.8 Å². The normalized spacial score (nSPS) is 17.4. The highest BCUT2D eigenvalue weighted by molar-refractivity contribution is 7.89. The molecule has 0 radical (unpaired) electrons. The van der Waals surface area contributed by atoms with Gasteiger partial charge in [0.25, 0.3) is 0 Å². The first-order chi connectivity index (χ1) is 10.8. The fourth-order valence-corrected chi connectivity index (χ4v) is 4.14. The molecule has 5 nitrogen and oxygen atoms in total. The summed E-state index contributed by atoms with van der Waals surface area (Å²) in [4.78, 5) is 12.0. The molecule has 1 amide bonds. The number of hydrogen-bond donors (Lipinski definition) is 1. The van der Waals surface area contributed by atoms with Gasteiger partial charge in [-0.2, -0.15) is 4.31 Å². The molecule has 1 aliphatic rings. The van der Waals surface area contributed by atoms with E-state index >= 15 is 0 Å². The third-order valence-corrected chi connectivity index (χ3v) is 6.02. The lowest BCUT2D eigenvalue weighted by atomic mass is 10.0. The Labute approximate surface area is 139 Å². The van der Waals surface area contributed by atoms with Crippen molar-refractivity contribution in [2.45, 2.75) is 44.9 Å². The second-order valence-electron chi connectivity index (χ2n) is 6.76. The molecule has 128 valence electrons. The van der Waals surface area contributed by atoms with E-state index in [0.717, 1.165) is 12.8 Å². The number of rotatable bonds is 5. The summed E-state index contributed by atoms with van der Waals surface area (Å²) in [5.74, 6) is 0.816. The van der Waals surface area contributed by atoms with Crippen LogP contribution in [0.25, 0.3) is 0 Å². The quantitative estimate of drug-likeness (QED) is 0.897. The Bertz CT molecular complexity index is 630. The van der Waals surface area contributed by atoms with Gasteiger partial charge in [0, 0.05) is 25.2 Å². The predicted molar refractivity (Wildman–Crippen MR) is 91.7 cm³/mol. The summed E-state index contributed by atoms with van der Waals surface area (Å²) in [6.07, 6.45) is 2.26. The zero-order chi connectivity index (χ0) is 17.0. The first-order valence-corrected chi connectivity index (χ1v) is 9.63. The van der Waals surface area contributed by atoms with Crippen LogP contribution < -0.4 is 5.32 Å². The second-order valence-corrected chi connectivity index (χ2v) is 8.70. The Hall–Kier alpha value is -1.40. The number of hydrogen-bond acceptors (Lipinski definition) is 3. The minimum Gasteiger partial charge on any atom is -0.326 e. The van der Waals surface area contributed by atoms with Crippen molar-refractivity contribution in [3.8, 4) is 0 Å². The largest absolute Gasteiger partial charge is 0.326 e. The zero-order valence-electron chi connectivity index (χ0n) is 14.1. The van der Waals surface area contributed by atoms with Crippen molar-refractivity contribution in [2.24, 2.45) is 11.8 Å². The van der Waals surface area contributed by atoms with Gasteiger partial charge in [0.15, 0.2) is 0 Å². The molecular weight excluding hydrogens is 312 g/mol. The average Bonchev–Trinajstić information content (AvgIpc) is 2.47. The Morgan fingerprint density at radius 2 is 1.78 bits per heavy atom. The number of anilines is 1. The minimum atomic E-state index is -3.43. The molecule has 0 spiro atoms. The van der Waals surface area contributed by atoms with Gasteiger partial charge in [0.05, 0.1) is 4.90 Å². The van der Waals surface area contributed by atoms with E-state index in [2.05, 4.69) is 12.2 Å². The molecule has 6 heteroatoms. The number of sulfonamides is 1. The summed E-state index contributed by atoms with van der Waals surface area (Å²) in [6, 6.07) is 6.44. The Balaban J connectivity index is 2.05. The van der Waals surface area contributed by atoms with Crippen LogP contribution in [0.2, 0.25) is 0 Å². The molecule has 0 unspecified atom stereocenters. The standard InChI is InChI=1S/C17H26N2O3S/c1-13(2)12-17(20)18-15-4-6-16(7-5-15)23(21,22)19-10-8-14(3)9-11-19/h4-7,13-14H,8-12H2,1-3H3,(H,18,20). The molecule has 1 heterocycles. The molecule has 0 aromatic heterocycles. The molecule has 1 aromatic rings. The van der Waals surface area contributed by atoms with Crippen LogP contribution in [-0.4, -0.2) is 31.7 Å². The summed E-state index contributed by atoms with van der Waals surface area (Å²) in [7, 11) is -3.43. The topological polar surface area (TPSA) is 66.5 Å². The Morgan fingerprint density at radius 1 is 1.22 bits per heavy atom. The van der Waals surface area contributed by atoms with Gasteiger partial charge in [0.1, 0.15) is 0 Å². The monoisotopic (exact) mass is 338 g/mol. The maximum Gasteiger partial charge on any atom is 0.243 e. The Kier molecular flexibility index (Phi) is 5.81. The number of amides is 1. The molecule has 0 saturated carbocycles. The molecule has 0 bridgehead atoms. The van der Waals surface area contributed by atoms with E-state index in [1.807, 2.05) is 13.8 Å². The summed E-state index contributed by atoms with van der Waals surface area (Å²) in [5, 5.41) is 2.79. The van der Waals surface area contributed by atoms with Crippen molar-refractivity contribution >= 4 is 21.6 Å². The number of nitrogens with zero attached hydrogens (tertiary/aromatic N) is 1. The van der Waals surface area contributed by atoms with Gasteiger partial charge in [-0.3, -0.25) is 4.79 Å². The van der Waals surface area contributed by atoms with Gasteiger partial charge in [0.2, 0.25) is 15.9 Å². The highest BCUT2D eigenvalue weighted by Gasteiger charge is 2.27. The van der Waals surface area contributed by atoms with Gasteiger partial charge in [-0.05, 0) is 48.9 Å². The summed E-state index contributed by atoms with van der Waals surface area (Å²) >= 11 is 0. The molecule has 23 heavy (non-hydrogen) atoms. The van der Waals surface area contributed by atoms with Crippen LogP contribution in [0, 0.1) is 11.8 Å². The van der Waals surface area contributed by atoms with Crippen molar-refractivity contribution in [3.05, 3.63) is 24.3 Å². The molecule has 1 aliphatic heterocycles. The molecular formula is C17H26N2O3S. The SMILES string of the molecule is CC(C)CC(=O)Nc1ccc(S(=O)(=O)N2CCC(C)CC2)cc1. The van der Waals surface area contributed by atoms with Crippen molar-refractivity contribution in [2.75, 3.05) is 18.4 Å². The van der Waals surface area contributed by atoms with E-state index in [-0.39, 0.29) is 16.7 Å². The second kappa shape index (κ2) is 7.45. The van der Waals surface area contributed by atoms with Gasteiger partial charge in [-0.25, -0.2) is 8.42 Å². The lowest BCUT2D eigenvalue weighted by molar-refractivity contribution is -0.116. The number of benzene rings is 1. The van der Waals surface area contributed by atoms with Crippen LogP contribution in [0.3, 0.4) is 0 Å². The summed E-state index contributed by atoms with van der Waals surface area (Å²) in [5.41, 5.74) is 0.627. The van der Waals surface area contributed by atoms with E-state index < -0.39 is 10.0 Å². The smallest absolute Gasteiger partial charge is 0.243 e. The lowest BCUT2D eigenvalue weighted by Crippen LogP contribution is -2.37. The van der Waals surface area contributed by atoms with Gasteiger partial charge >= 0.3 is 0 Å². The van der Waals surface area contributed by atoms with Crippen molar-refractivity contribution < 1.29 is 13.2 Å². The number of carbonyl (C=O) groups excluding carboxylic acids is 1. The molecule has 1 N–H and O–H groups in total. The van der Waals surface area contributed by atoms with Crippen molar-refractivity contribution in [3.63, 3.8) is 0 Å². The minimum absolute atomic E-state index is 0.0550. The van der Waals surface area contributed by atoms with E-state index in [1.165, 1.54) is 0 Å². The maximum absolute atomic E-state index is 12.6. The summed E-state index contributed by atoms with van der Waals surface area (Å²) < 4.78 is 26.8. The van der Waals surface area contributed by atoms with E-state index in [0.29, 0.717) is 31.1 Å². The maximum atomic E-state index is 12.6. The van der Waals surface area contributed by atoms with Gasteiger partial charge in [-0.1, -0.05) is 20.8 Å². The predicted octanol–water partition coefficient (Wildman–Crippen LogP) is 3.09. The molecule has 1 aromatic carbocycles. The van der Waals surface area contributed by atoms with Gasteiger partial charge in [-0.15, -0.1) is 0 Å². The molecule has 1 saturated heterocycles. The summed E-state index contributed by atoms with van der Waals surface area (Å²) in [6.45, 7) is 7.27. The third kappa shape index (κ3) is 4.78. The average molecular weight is 338 g/mol. The first-order valence-electron chi connectivity index (χ1n) is 8.19. The molecule has 0 aliphatic carbocycles. The van der Waals surface area contributed by atoms with Crippen LogP contribution in [0.1, 0.15) is 40.0 Å². The van der Waals surface area contributed by atoms with Crippen molar-refractivity contribution in [1.82, 2.24) is 4.31 Å². The molecule has 2 rings (SSSR count). The molecule has 1 fully saturated rings. The van der Waals surface area contributed by atoms with E-state index in [1.54, 1.807) is 28.6 Å². The van der Waals surface area contributed by atoms with Crippen LogP contribution in [0.4, 0.5) is 5.69 Å². The van der Waals surface area contributed by atoms with Crippen LogP contribution in [0.5, 0.6) is 0 Å². The van der Waals surface area contributed by atoms with Crippen LogP contribution in [0.15, 0.2) is 29.2 Å². The zero-order valence-corrected chi connectivity index (χ0v) is 14.9. The highest BCUT2D eigenvalue weighted by atomic mass is 32.2. The Morgan fingerprint density at radius 3 is 2.30 bits per heavy atom. The van der Waals surface area contributed by atoms with E-state index in [4.69, 9.17) is 0 Å². The molecule has 0 atom stereocenters. The lowest BCUT2D eigenvalue weighted by Gasteiger charge is -2.29. The highest BCUT2D eigenvalue weighted by Crippen LogP contribution is 2.24. The van der Waals surface area contributed by atoms with Crippen molar-refractivity contribution in [1.29, 1.82) is 0 Å². The third-order valence-electron chi connectivity index (χ3n) is 4.11. The first kappa shape index (κ1) is 17.9. The fourth-order valence-electron chi connectivity index (χ4n) is 2.67. The number of nitrogens with one attached hydrogen (secondary N) is 1. The number of piperidine rings is 1. The van der Waals surface area contributed by atoms with Gasteiger partial charge < -0.3 is 5.32 Å². The van der Waals surface area contributed by atoms with E-state index in [9.17, 15) is 13.2 Å². The number of carbonyl (C=O) groups is 1. The van der Waals surface area contributed by atoms with Crippen LogP contribution >= 0.6 is 0 Å². The fraction of sp³-hybridized carbons (Fsp3) is 0.588.